The number of amides is 3. The molecule has 4 N–H and O–H groups in total. The highest BCUT2D eigenvalue weighted by Gasteiger charge is 2.36. The van der Waals surface area contributed by atoms with Crippen LogP contribution in [0.25, 0.3) is 0 Å². The molecule has 6 rings (SSSR count). The molecular formula is C35H45Br2N9O2. The van der Waals surface area contributed by atoms with E-state index in [-0.39, 0.29) is 18.0 Å². The number of hydrogen-bond acceptors (Lipinski definition) is 6. The van der Waals surface area contributed by atoms with Crippen LogP contribution in [-0.4, -0.2) is 95.9 Å². The summed E-state index contributed by atoms with van der Waals surface area (Å²) in [5.41, 5.74) is 9.68. The van der Waals surface area contributed by atoms with E-state index < -0.39 is 6.04 Å². The fourth-order valence-corrected chi connectivity index (χ4v) is 9.09. The van der Waals surface area contributed by atoms with Crippen LogP contribution in [0.4, 0.5) is 16.2 Å². The third-order valence-electron chi connectivity index (χ3n) is 10.7. The molecule has 3 fully saturated rings. The van der Waals surface area contributed by atoms with Crippen molar-refractivity contribution in [3.8, 4) is 6.19 Å². The molecule has 0 bridgehead atoms. The number of urea groups is 1. The predicted octanol–water partition coefficient (Wildman–Crippen LogP) is 5.22. The first-order valence-corrected chi connectivity index (χ1v) is 18.6. The van der Waals surface area contributed by atoms with Gasteiger partial charge in [-0.1, -0.05) is 18.2 Å². The minimum Gasteiger partial charge on any atom is -0.397 e. The standard InChI is InChI=1S/C35H45Br2N9O2/c1-43-12-6-24(7-13-43)25-8-14-44(15-9-25)33(47)31(20-23-18-28(36)32(39)29(37)19-23)41-34(40-22-38)45-16-10-27(11-17-45)46-21-26-4-2-3-5-30(26)42-35(46)48/h2-5,18-19,24-25,27,31H,6-17,20-21,39H2,1H3,(H,40,41)(H,42,48)/t31-/m1/s1. The Morgan fingerprint density at radius 1 is 1.00 bits per heavy atom. The van der Waals surface area contributed by atoms with Crippen LogP contribution < -0.4 is 16.4 Å². The van der Waals surface area contributed by atoms with Gasteiger partial charge in [0.05, 0.1) is 5.69 Å². The Hall–Kier alpha value is -3.34. The van der Waals surface area contributed by atoms with E-state index in [1.54, 1.807) is 0 Å². The lowest BCUT2D eigenvalue weighted by Gasteiger charge is -2.42. The number of guanidine groups is 1. The number of nitrogens with zero attached hydrogens (tertiary/aromatic N) is 6. The van der Waals surface area contributed by atoms with Crippen molar-refractivity contribution in [3.05, 3.63) is 56.5 Å². The summed E-state index contributed by atoms with van der Waals surface area (Å²) in [4.78, 5) is 39.8. The van der Waals surface area contributed by atoms with Crippen LogP contribution in [0.15, 0.2) is 50.3 Å². The Kier molecular flexibility index (Phi) is 11.1. The highest BCUT2D eigenvalue weighted by molar-refractivity contribution is 9.11. The van der Waals surface area contributed by atoms with Crippen LogP contribution in [0.1, 0.15) is 49.7 Å². The molecule has 11 nitrogen and oxygen atoms in total. The fourth-order valence-electron chi connectivity index (χ4n) is 7.81. The van der Waals surface area contributed by atoms with Gasteiger partial charge in [0.1, 0.15) is 6.04 Å². The molecule has 256 valence electrons. The van der Waals surface area contributed by atoms with Crippen LogP contribution in [0.3, 0.4) is 0 Å². The Morgan fingerprint density at radius 3 is 2.25 bits per heavy atom. The summed E-state index contributed by atoms with van der Waals surface area (Å²) in [6.07, 6.45) is 8.33. The molecule has 0 unspecified atom stereocenters. The summed E-state index contributed by atoms with van der Waals surface area (Å²) in [5, 5.41) is 16.2. The maximum Gasteiger partial charge on any atom is 0.322 e. The van der Waals surface area contributed by atoms with E-state index in [9.17, 15) is 14.9 Å². The molecule has 4 aliphatic heterocycles. The number of carbonyl (C=O) groups is 2. The zero-order chi connectivity index (χ0) is 33.8. The third-order valence-corrected chi connectivity index (χ3v) is 12.0. The molecule has 2 aromatic carbocycles. The number of nitriles is 1. The lowest BCUT2D eigenvalue weighted by molar-refractivity contribution is -0.134. The molecule has 13 heteroatoms. The minimum atomic E-state index is -0.624. The zero-order valence-electron chi connectivity index (χ0n) is 27.5. The number of nitrogens with two attached hydrogens (primary N) is 1. The summed E-state index contributed by atoms with van der Waals surface area (Å²) in [6, 6.07) is 11.1. The zero-order valence-corrected chi connectivity index (χ0v) is 30.7. The van der Waals surface area contributed by atoms with E-state index in [4.69, 9.17) is 5.73 Å². The number of rotatable bonds is 6. The monoisotopic (exact) mass is 781 g/mol. The second-order valence-corrected chi connectivity index (χ2v) is 15.4. The van der Waals surface area contributed by atoms with Crippen molar-refractivity contribution in [2.45, 2.75) is 63.6 Å². The second kappa shape index (κ2) is 15.5. The highest BCUT2D eigenvalue weighted by atomic mass is 79.9. The Morgan fingerprint density at radius 2 is 1.60 bits per heavy atom. The van der Waals surface area contributed by atoms with Gasteiger partial charge in [-0.2, -0.15) is 5.26 Å². The molecule has 3 amide bonds. The number of benzene rings is 2. The number of nitrogen functional groups attached to an aromatic ring is 1. The quantitative estimate of drug-likeness (QED) is 0.158. The third kappa shape index (κ3) is 7.92. The number of fused-ring (bicyclic) bond motifs is 1. The number of nitrogens with one attached hydrogen (secondary N) is 2. The number of aliphatic imine (C=N–C) groups is 1. The van der Waals surface area contributed by atoms with Gasteiger partial charge in [-0.25, -0.2) is 4.79 Å². The lowest BCUT2D eigenvalue weighted by atomic mass is 9.79. The van der Waals surface area contributed by atoms with E-state index >= 15 is 0 Å². The number of anilines is 2. The fraction of sp³-hybridized carbons (Fsp3) is 0.543. The number of halogens is 2. The summed E-state index contributed by atoms with van der Waals surface area (Å²) in [7, 11) is 2.20. The molecule has 4 heterocycles. The summed E-state index contributed by atoms with van der Waals surface area (Å²) < 4.78 is 1.52. The first-order chi connectivity index (χ1) is 23.2. The normalized spacial score (nSPS) is 21.0. The predicted molar refractivity (Wildman–Crippen MR) is 195 cm³/mol. The molecule has 0 spiro atoms. The van der Waals surface area contributed by atoms with Crippen molar-refractivity contribution >= 4 is 61.1 Å². The molecule has 0 saturated carbocycles. The highest BCUT2D eigenvalue weighted by Crippen LogP contribution is 2.34. The van der Waals surface area contributed by atoms with Crippen LogP contribution >= 0.6 is 31.9 Å². The molecule has 4 aliphatic rings. The van der Waals surface area contributed by atoms with Gasteiger partial charge in [-0.15, -0.1) is 4.99 Å². The summed E-state index contributed by atoms with van der Waals surface area (Å²) >= 11 is 7.11. The molecule has 3 saturated heterocycles. The first-order valence-electron chi connectivity index (χ1n) is 17.0. The van der Waals surface area contributed by atoms with Crippen LogP contribution in [0.2, 0.25) is 0 Å². The van der Waals surface area contributed by atoms with Gasteiger partial charge >= 0.3 is 6.03 Å². The van der Waals surface area contributed by atoms with Crippen molar-refractivity contribution in [2.75, 3.05) is 57.4 Å². The average molecular weight is 784 g/mol. The topological polar surface area (TPSA) is 133 Å². The number of para-hydroxylation sites is 1. The number of carbonyl (C=O) groups excluding carboxylic acids is 2. The molecule has 1 atom stereocenters. The van der Waals surface area contributed by atoms with Crippen molar-refractivity contribution < 1.29 is 9.59 Å². The Labute approximate surface area is 300 Å². The van der Waals surface area contributed by atoms with Gasteiger partial charge < -0.3 is 36.0 Å². The van der Waals surface area contributed by atoms with E-state index in [1.807, 2.05) is 57.3 Å². The largest absolute Gasteiger partial charge is 0.397 e. The van der Waals surface area contributed by atoms with Gasteiger partial charge in [0.15, 0.2) is 0 Å². The Balaban J connectivity index is 1.14. The van der Waals surface area contributed by atoms with Gasteiger partial charge in [-0.3, -0.25) is 4.79 Å². The smallest absolute Gasteiger partial charge is 0.322 e. The lowest BCUT2D eigenvalue weighted by Crippen LogP contribution is -2.57. The number of hydrogen-bond donors (Lipinski definition) is 3. The molecule has 0 aromatic heterocycles. The van der Waals surface area contributed by atoms with E-state index in [2.05, 4.69) is 59.4 Å². The van der Waals surface area contributed by atoms with Gasteiger partial charge in [0.25, 0.3) is 0 Å². The SMILES string of the molecule is CN1CCC(C2CCN(C(=O)[C@@H](Cc3cc(Br)c(N)c(Br)c3)NC(=NC#N)N3CCC(N4Cc5ccccc5NC4=O)CC3)CC2)CC1. The molecule has 0 radical (unpaired) electrons. The van der Waals surface area contributed by atoms with Crippen LogP contribution in [0, 0.1) is 23.3 Å². The first kappa shape index (κ1) is 34.5. The average Bonchev–Trinajstić information content (AvgIpc) is 3.10. The van der Waals surface area contributed by atoms with Crippen LogP contribution in [0.5, 0.6) is 0 Å². The second-order valence-electron chi connectivity index (χ2n) is 13.6. The van der Waals surface area contributed by atoms with Crippen LogP contribution in [-0.2, 0) is 17.8 Å². The van der Waals surface area contributed by atoms with Gasteiger partial charge in [-0.05, 0) is 132 Å². The van der Waals surface area contributed by atoms with E-state index in [0.29, 0.717) is 43.6 Å². The summed E-state index contributed by atoms with van der Waals surface area (Å²) in [6.45, 7) is 5.55. The van der Waals surface area contributed by atoms with Crippen molar-refractivity contribution in [1.82, 2.24) is 24.9 Å². The van der Waals surface area contributed by atoms with Crippen molar-refractivity contribution in [3.63, 3.8) is 0 Å². The maximum absolute atomic E-state index is 14.3. The molecule has 48 heavy (non-hydrogen) atoms. The van der Waals surface area contributed by atoms with Gasteiger partial charge in [0, 0.05) is 59.8 Å². The van der Waals surface area contributed by atoms with E-state index in [1.165, 1.54) is 12.8 Å². The Bertz CT molecular complexity index is 1530. The summed E-state index contributed by atoms with van der Waals surface area (Å²) in [5.74, 6) is 1.81. The molecule has 2 aromatic rings. The number of likely N-dealkylation sites (tertiary alicyclic amines) is 3. The molecular weight excluding hydrogens is 738 g/mol. The number of piperidine rings is 3. The van der Waals surface area contributed by atoms with Crippen molar-refractivity contribution in [2.24, 2.45) is 16.8 Å². The van der Waals surface area contributed by atoms with E-state index in [0.717, 1.165) is 83.5 Å². The maximum atomic E-state index is 14.3. The molecule has 0 aliphatic carbocycles. The minimum absolute atomic E-state index is 0.0186. The van der Waals surface area contributed by atoms with Gasteiger partial charge in [0.2, 0.25) is 18.1 Å². The van der Waals surface area contributed by atoms with Crippen molar-refractivity contribution in [1.29, 1.82) is 5.26 Å².